The lowest BCUT2D eigenvalue weighted by Crippen LogP contribution is -2.35. The van der Waals surface area contributed by atoms with Gasteiger partial charge in [0, 0.05) is 8.90 Å². The van der Waals surface area contributed by atoms with Gasteiger partial charge in [0.25, 0.3) is 0 Å². The third-order valence-corrected chi connectivity index (χ3v) is 5.24. The summed E-state index contributed by atoms with van der Waals surface area (Å²) in [5.41, 5.74) is 0.663. The van der Waals surface area contributed by atoms with Crippen LogP contribution in [0.3, 0.4) is 0 Å². The van der Waals surface area contributed by atoms with Gasteiger partial charge in [-0.05, 0) is 71.9 Å². The van der Waals surface area contributed by atoms with E-state index in [9.17, 15) is 4.79 Å². The molecule has 0 heterocycles. The lowest BCUT2D eigenvalue weighted by Gasteiger charge is -2.32. The van der Waals surface area contributed by atoms with E-state index in [1.54, 1.807) is 0 Å². The first kappa shape index (κ1) is 18.9. The maximum Gasteiger partial charge on any atom is 0.315 e. The fraction of sp³-hybridized carbons (Fsp3) is 0.588. The minimum atomic E-state index is -0.584. The number of hydrogen-bond donors (Lipinski definition) is 0. The molecule has 21 heavy (non-hydrogen) atoms. The molecule has 0 aliphatic heterocycles. The molecule has 0 N–H and O–H groups in total. The highest BCUT2D eigenvalue weighted by Crippen LogP contribution is 2.37. The van der Waals surface area contributed by atoms with Crippen molar-refractivity contribution < 1.29 is 9.53 Å². The van der Waals surface area contributed by atoms with Gasteiger partial charge in [0.2, 0.25) is 0 Å². The minimum Gasteiger partial charge on any atom is -0.468 e. The van der Waals surface area contributed by atoms with Crippen LogP contribution in [0.4, 0.5) is 0 Å². The van der Waals surface area contributed by atoms with Gasteiger partial charge < -0.3 is 4.74 Å². The number of alkyl halides is 1. The van der Waals surface area contributed by atoms with Gasteiger partial charge in [0.05, 0.1) is 12.5 Å². The van der Waals surface area contributed by atoms with Gasteiger partial charge in [-0.15, -0.1) is 0 Å². The number of esters is 1. The predicted molar refractivity (Wildman–Crippen MR) is 100.0 cm³/mol. The molecule has 0 aromatic heterocycles. The molecule has 1 aromatic rings. The Kier molecular flexibility index (Phi) is 7.17. The topological polar surface area (TPSA) is 26.3 Å². The maximum absolute atomic E-state index is 12.4. The fourth-order valence-corrected chi connectivity index (χ4v) is 4.01. The lowest BCUT2D eigenvalue weighted by atomic mass is 9.73. The van der Waals surface area contributed by atoms with Crippen LogP contribution in [0.15, 0.2) is 24.3 Å². The Hall–Kier alpha value is -0.100. The summed E-state index contributed by atoms with van der Waals surface area (Å²) in [6, 6.07) is 8.14. The summed E-state index contributed by atoms with van der Waals surface area (Å²) in [7, 11) is 1.47. The minimum absolute atomic E-state index is 0.154. The second kappa shape index (κ2) is 7.95. The molecule has 1 unspecified atom stereocenters. The molecule has 1 rings (SSSR count). The Morgan fingerprint density at radius 3 is 2.43 bits per heavy atom. The van der Waals surface area contributed by atoms with Gasteiger partial charge in [-0.1, -0.05) is 41.9 Å². The first-order chi connectivity index (χ1) is 9.75. The Labute approximate surface area is 150 Å². The van der Waals surface area contributed by atoms with Crippen molar-refractivity contribution in [1.82, 2.24) is 0 Å². The molecule has 1 aromatic carbocycles. The number of carbonyl (C=O) groups is 1. The third kappa shape index (κ3) is 5.23. The van der Waals surface area contributed by atoms with Crippen molar-refractivity contribution in [3.63, 3.8) is 0 Å². The molecule has 0 spiro atoms. The van der Waals surface area contributed by atoms with E-state index >= 15 is 0 Å². The summed E-state index contributed by atoms with van der Waals surface area (Å²) in [5, 5.41) is 0.984. The molecule has 118 valence electrons. The van der Waals surface area contributed by atoms with E-state index in [0.29, 0.717) is 0 Å². The molecular formula is C17H24BrIO2. The standard InChI is InChI=1S/C17H24BrIO2/c1-16(2,10-11-18)8-9-17(3,15(20)21-4)13-6-5-7-14(19)12-13/h5-7,12H,8-11H2,1-4H3. The van der Waals surface area contributed by atoms with Gasteiger partial charge in [-0.25, -0.2) is 0 Å². The van der Waals surface area contributed by atoms with E-state index in [2.05, 4.69) is 58.4 Å². The van der Waals surface area contributed by atoms with E-state index in [4.69, 9.17) is 4.74 Å². The molecule has 2 nitrogen and oxygen atoms in total. The summed E-state index contributed by atoms with van der Waals surface area (Å²) < 4.78 is 6.22. The van der Waals surface area contributed by atoms with Gasteiger partial charge in [0.15, 0.2) is 0 Å². The zero-order chi connectivity index (χ0) is 16.1. The SMILES string of the molecule is COC(=O)C(C)(CCC(C)(C)CCBr)c1cccc(I)c1. The van der Waals surface area contributed by atoms with Gasteiger partial charge >= 0.3 is 5.97 Å². The summed E-state index contributed by atoms with van der Waals surface area (Å²) in [4.78, 5) is 12.4. The van der Waals surface area contributed by atoms with E-state index in [-0.39, 0.29) is 11.4 Å². The number of benzene rings is 1. The highest BCUT2D eigenvalue weighted by Gasteiger charge is 2.37. The third-order valence-electron chi connectivity index (χ3n) is 4.17. The summed E-state index contributed by atoms with van der Waals surface area (Å²) in [5.74, 6) is -0.154. The van der Waals surface area contributed by atoms with Crippen LogP contribution >= 0.6 is 38.5 Å². The molecule has 4 heteroatoms. The van der Waals surface area contributed by atoms with Gasteiger partial charge in [0.1, 0.15) is 0 Å². The van der Waals surface area contributed by atoms with Crippen LogP contribution in [0.2, 0.25) is 0 Å². The van der Waals surface area contributed by atoms with Crippen molar-refractivity contribution in [3.8, 4) is 0 Å². The van der Waals surface area contributed by atoms with Crippen molar-refractivity contribution >= 4 is 44.5 Å². The van der Waals surface area contributed by atoms with Crippen LogP contribution in [0.1, 0.15) is 45.6 Å². The van der Waals surface area contributed by atoms with Crippen molar-refractivity contribution in [3.05, 3.63) is 33.4 Å². The van der Waals surface area contributed by atoms with Crippen LogP contribution in [0, 0.1) is 8.99 Å². The highest BCUT2D eigenvalue weighted by atomic mass is 127. The molecule has 0 amide bonds. The molecular weight excluding hydrogens is 443 g/mol. The first-order valence-corrected chi connectivity index (χ1v) is 9.35. The number of carbonyl (C=O) groups excluding carboxylic acids is 1. The smallest absolute Gasteiger partial charge is 0.315 e. The van der Waals surface area contributed by atoms with Crippen LogP contribution in [-0.4, -0.2) is 18.4 Å². The number of halogens is 2. The largest absolute Gasteiger partial charge is 0.468 e. The van der Waals surface area contributed by atoms with Crippen molar-refractivity contribution in [2.24, 2.45) is 5.41 Å². The molecule has 0 radical (unpaired) electrons. The zero-order valence-corrected chi connectivity index (χ0v) is 17.0. The molecule has 0 bridgehead atoms. The molecule has 0 fully saturated rings. The first-order valence-electron chi connectivity index (χ1n) is 7.15. The second-order valence-electron chi connectivity index (χ2n) is 6.44. The summed E-state index contributed by atoms with van der Waals surface area (Å²) >= 11 is 5.79. The Balaban J connectivity index is 3.03. The van der Waals surface area contributed by atoms with Crippen LogP contribution in [0.5, 0.6) is 0 Å². The molecule has 0 saturated carbocycles. The van der Waals surface area contributed by atoms with Crippen LogP contribution in [0.25, 0.3) is 0 Å². The van der Waals surface area contributed by atoms with E-state index in [1.165, 1.54) is 7.11 Å². The van der Waals surface area contributed by atoms with E-state index < -0.39 is 5.41 Å². The number of ether oxygens (including phenoxy) is 1. The quantitative estimate of drug-likeness (QED) is 0.309. The van der Waals surface area contributed by atoms with Crippen molar-refractivity contribution in [1.29, 1.82) is 0 Å². The highest BCUT2D eigenvalue weighted by molar-refractivity contribution is 14.1. The summed E-state index contributed by atoms with van der Waals surface area (Å²) in [6.07, 6.45) is 2.87. The van der Waals surface area contributed by atoms with Gasteiger partial charge in [-0.3, -0.25) is 4.79 Å². The summed E-state index contributed by atoms with van der Waals surface area (Å²) in [6.45, 7) is 6.50. The van der Waals surface area contributed by atoms with Crippen molar-refractivity contribution in [2.45, 2.75) is 45.4 Å². The molecule has 0 aliphatic carbocycles. The monoisotopic (exact) mass is 466 g/mol. The van der Waals surface area contributed by atoms with E-state index in [0.717, 1.165) is 33.7 Å². The Bertz CT molecular complexity index is 487. The number of rotatable bonds is 7. The Morgan fingerprint density at radius 1 is 1.24 bits per heavy atom. The molecule has 0 saturated heterocycles. The molecule has 0 aliphatic rings. The van der Waals surface area contributed by atoms with Crippen molar-refractivity contribution in [2.75, 3.05) is 12.4 Å². The van der Waals surface area contributed by atoms with Gasteiger partial charge in [-0.2, -0.15) is 0 Å². The zero-order valence-electron chi connectivity index (χ0n) is 13.2. The number of methoxy groups -OCH3 is 1. The predicted octanol–water partition coefficient (Wildman–Crippen LogP) is 5.31. The van der Waals surface area contributed by atoms with Crippen LogP contribution in [-0.2, 0) is 14.9 Å². The fourth-order valence-electron chi connectivity index (χ4n) is 2.39. The average molecular weight is 467 g/mol. The second-order valence-corrected chi connectivity index (χ2v) is 8.48. The lowest BCUT2D eigenvalue weighted by molar-refractivity contribution is -0.147. The van der Waals surface area contributed by atoms with Crippen LogP contribution < -0.4 is 0 Å². The normalized spacial score (nSPS) is 14.6. The maximum atomic E-state index is 12.4. The number of hydrogen-bond acceptors (Lipinski definition) is 2. The average Bonchev–Trinajstić information content (AvgIpc) is 2.44. The molecule has 1 atom stereocenters. The van der Waals surface area contributed by atoms with E-state index in [1.807, 2.05) is 25.1 Å². The Morgan fingerprint density at radius 2 is 1.90 bits per heavy atom.